The van der Waals surface area contributed by atoms with Crippen molar-refractivity contribution in [3.63, 3.8) is 0 Å². The molecular weight excluding hydrogens is 504 g/mol. The molecule has 0 aromatic carbocycles. The molecule has 15 heteroatoms. The number of Topliss-reactive ketones (excluding diaryl/α,β-unsaturated/α-hetero) is 1. The van der Waals surface area contributed by atoms with Crippen molar-refractivity contribution >= 4 is 46.5 Å². The maximum atomic E-state index is 13.4. The zero-order valence-electron chi connectivity index (χ0n) is 21.4. The Morgan fingerprint density at radius 3 is 2.74 bits per heavy atom. The number of carbonyl (C=O) groups is 2. The van der Waals surface area contributed by atoms with E-state index in [4.69, 9.17) is 10.5 Å². The van der Waals surface area contributed by atoms with Crippen LogP contribution in [0.25, 0.3) is 16.7 Å². The number of anilines is 1. The first-order chi connectivity index (χ1) is 19.0. The van der Waals surface area contributed by atoms with Gasteiger partial charge in [-0.25, -0.2) is 20.0 Å². The van der Waals surface area contributed by atoms with E-state index in [1.807, 2.05) is 17.9 Å². The van der Waals surface area contributed by atoms with Gasteiger partial charge in [0.2, 0.25) is 0 Å². The molecule has 1 saturated heterocycles. The van der Waals surface area contributed by atoms with Crippen LogP contribution in [0.3, 0.4) is 0 Å². The molecule has 0 saturated carbocycles. The molecule has 0 unspecified atom stereocenters. The van der Waals surface area contributed by atoms with Crippen LogP contribution in [0.15, 0.2) is 46.8 Å². The fourth-order valence-corrected chi connectivity index (χ4v) is 4.16. The number of aromatic nitrogens is 7. The van der Waals surface area contributed by atoms with Gasteiger partial charge in [-0.15, -0.1) is 0 Å². The van der Waals surface area contributed by atoms with Gasteiger partial charge in [-0.3, -0.25) is 9.59 Å². The van der Waals surface area contributed by atoms with E-state index in [0.717, 1.165) is 0 Å². The Bertz CT molecular complexity index is 1550. The van der Waals surface area contributed by atoms with Crippen LogP contribution < -0.4 is 15.4 Å². The average molecular weight is 531 g/mol. The number of tetrazole rings is 1. The molecule has 15 nitrogen and oxygen atoms in total. The quantitative estimate of drug-likeness (QED) is 0.143. The van der Waals surface area contributed by atoms with Crippen molar-refractivity contribution in [2.45, 2.75) is 13.3 Å². The number of H-pyrrole nitrogens is 1. The highest BCUT2D eigenvalue weighted by molar-refractivity contribution is 6.45. The maximum absolute atomic E-state index is 13.4. The van der Waals surface area contributed by atoms with Gasteiger partial charge >= 0.3 is 0 Å². The van der Waals surface area contributed by atoms with Gasteiger partial charge in [0.15, 0.2) is 11.6 Å². The molecule has 0 bridgehead atoms. The highest BCUT2D eigenvalue weighted by Crippen LogP contribution is 2.33. The molecule has 4 aromatic rings. The first kappa shape index (κ1) is 25.4. The summed E-state index contributed by atoms with van der Waals surface area (Å²) in [6.45, 7) is 3.38. The van der Waals surface area contributed by atoms with Gasteiger partial charge in [0.25, 0.3) is 17.6 Å². The largest absolute Gasteiger partial charge is 0.494 e. The van der Waals surface area contributed by atoms with Crippen molar-refractivity contribution in [3.8, 4) is 11.6 Å². The highest BCUT2D eigenvalue weighted by atomic mass is 16.5. The number of methoxy groups -OCH3 is 1. The average Bonchev–Trinajstić information content (AvgIpc) is 3.65. The van der Waals surface area contributed by atoms with Gasteiger partial charge in [0, 0.05) is 45.0 Å². The first-order valence-corrected chi connectivity index (χ1v) is 12.2. The lowest BCUT2D eigenvalue weighted by Crippen LogP contribution is -2.51. The summed E-state index contributed by atoms with van der Waals surface area (Å²) in [7, 11) is 1.46. The summed E-state index contributed by atoms with van der Waals surface area (Å²) in [5.74, 6) is 0.847. The zero-order valence-corrected chi connectivity index (χ0v) is 21.4. The van der Waals surface area contributed by atoms with Crippen molar-refractivity contribution in [2.24, 2.45) is 15.7 Å². The molecule has 4 aromatic heterocycles. The minimum absolute atomic E-state index is 0.170. The van der Waals surface area contributed by atoms with Gasteiger partial charge in [0.05, 0.1) is 29.8 Å². The highest BCUT2D eigenvalue weighted by Gasteiger charge is 2.31. The van der Waals surface area contributed by atoms with Crippen LogP contribution in [-0.2, 0) is 4.79 Å². The number of rotatable bonds is 8. The molecule has 0 atom stereocenters. The van der Waals surface area contributed by atoms with Gasteiger partial charge < -0.3 is 25.3 Å². The number of nitrogens with two attached hydrogens (primary N) is 1. The number of pyridine rings is 2. The number of aromatic amines is 1. The lowest BCUT2D eigenvalue weighted by molar-refractivity contribution is -0.126. The third kappa shape index (κ3) is 5.01. The second kappa shape index (κ2) is 11.0. The number of nitrogens with one attached hydrogen (secondary N) is 1. The molecule has 1 aliphatic rings. The summed E-state index contributed by atoms with van der Waals surface area (Å²) in [6.07, 6.45) is 6.45. The van der Waals surface area contributed by atoms with E-state index in [-0.39, 0.29) is 11.4 Å². The third-order valence-corrected chi connectivity index (χ3v) is 6.25. The summed E-state index contributed by atoms with van der Waals surface area (Å²) in [6, 6.07) is 5.45. The van der Waals surface area contributed by atoms with E-state index in [2.05, 4.69) is 40.5 Å². The van der Waals surface area contributed by atoms with Crippen LogP contribution in [0.2, 0.25) is 0 Å². The molecule has 39 heavy (non-hydrogen) atoms. The van der Waals surface area contributed by atoms with Crippen LogP contribution in [0.4, 0.5) is 11.8 Å². The number of amidine groups is 1. The van der Waals surface area contributed by atoms with Crippen molar-refractivity contribution in [3.05, 3.63) is 42.4 Å². The summed E-state index contributed by atoms with van der Waals surface area (Å²) in [4.78, 5) is 49.9. The van der Waals surface area contributed by atoms with Crippen molar-refractivity contribution in [1.29, 1.82) is 0 Å². The second-order valence-corrected chi connectivity index (χ2v) is 8.51. The molecule has 0 aliphatic carbocycles. The van der Waals surface area contributed by atoms with Crippen LogP contribution in [0.1, 0.15) is 23.7 Å². The summed E-state index contributed by atoms with van der Waals surface area (Å²) < 4.78 is 6.97. The summed E-state index contributed by atoms with van der Waals surface area (Å²) in [5.41, 5.74) is 6.33. The molecule has 0 radical (unpaired) electrons. The van der Waals surface area contributed by atoms with Crippen molar-refractivity contribution in [1.82, 2.24) is 40.1 Å². The lowest BCUT2D eigenvalue weighted by atomic mass is 10.1. The van der Waals surface area contributed by atoms with E-state index in [9.17, 15) is 9.59 Å². The number of hydrogen-bond donors (Lipinski definition) is 2. The van der Waals surface area contributed by atoms with E-state index in [1.54, 1.807) is 18.3 Å². The number of ether oxygens (including phenoxy) is 1. The van der Waals surface area contributed by atoms with Gasteiger partial charge in [-0.2, -0.15) is 4.68 Å². The Hall–Kier alpha value is -5.21. The molecule has 200 valence electrons. The normalized spacial score (nSPS) is 14.4. The minimum atomic E-state index is -0.666. The number of ketones is 1. The number of aliphatic imine (C=N–C) groups is 2. The molecule has 3 N–H and O–H groups in total. The van der Waals surface area contributed by atoms with Crippen LogP contribution >= 0.6 is 0 Å². The maximum Gasteiger partial charge on any atom is 0.295 e. The molecule has 1 aliphatic heterocycles. The van der Waals surface area contributed by atoms with Crippen molar-refractivity contribution in [2.75, 3.05) is 38.2 Å². The Morgan fingerprint density at radius 2 is 2.03 bits per heavy atom. The second-order valence-electron chi connectivity index (χ2n) is 8.51. The fraction of sp³-hybridized carbons (Fsp3) is 0.292. The Labute approximate surface area is 222 Å². The molecule has 0 spiro atoms. The molecule has 1 fully saturated rings. The van der Waals surface area contributed by atoms with Gasteiger partial charge in [-0.1, -0.05) is 18.1 Å². The SMILES string of the molecule is CCC(N)=NC=Nc1ncc(OC)c2c(C(=O)C(=O)N3CCN(c4nnnn4-c4ccccn4)CC3)c[nH]c12. The van der Waals surface area contributed by atoms with E-state index in [0.29, 0.717) is 66.9 Å². The number of amides is 1. The standard InChI is InChI=1S/C24H26N12O3/c1-3-17(25)29-14-30-22-20-19(16(39-2)13-28-22)15(12-27-20)21(37)23(38)34-8-10-35(11-9-34)24-31-32-33-36(24)18-6-4-5-7-26-18/h4-7,12-14,27H,3,8-11H2,1-2H3,(H2,25,28,29,30). The molecule has 5 rings (SSSR count). The number of piperazine rings is 1. The number of nitrogens with zero attached hydrogens (tertiary/aromatic N) is 10. The monoisotopic (exact) mass is 530 g/mol. The fourth-order valence-electron chi connectivity index (χ4n) is 4.16. The van der Waals surface area contributed by atoms with Crippen LogP contribution in [0.5, 0.6) is 5.75 Å². The zero-order chi connectivity index (χ0) is 27.4. The van der Waals surface area contributed by atoms with E-state index in [1.165, 1.54) is 35.4 Å². The smallest absolute Gasteiger partial charge is 0.295 e. The Balaban J connectivity index is 1.33. The predicted octanol–water partition coefficient (Wildman–Crippen LogP) is 0.901. The molecule has 5 heterocycles. The van der Waals surface area contributed by atoms with Crippen LogP contribution in [0, 0.1) is 0 Å². The number of carbonyl (C=O) groups excluding carboxylic acids is 2. The van der Waals surface area contributed by atoms with Crippen molar-refractivity contribution < 1.29 is 14.3 Å². The summed E-state index contributed by atoms with van der Waals surface area (Å²) >= 11 is 0. The number of hydrogen-bond acceptors (Lipinski definition) is 10. The van der Waals surface area contributed by atoms with Gasteiger partial charge in [-0.05, 0) is 22.6 Å². The first-order valence-electron chi connectivity index (χ1n) is 12.2. The lowest BCUT2D eigenvalue weighted by Gasteiger charge is -2.34. The van der Waals surface area contributed by atoms with E-state index < -0.39 is 11.7 Å². The topological polar surface area (TPSA) is 186 Å². The van der Waals surface area contributed by atoms with Gasteiger partial charge in [0.1, 0.15) is 17.9 Å². The van der Waals surface area contributed by atoms with Crippen LogP contribution in [-0.4, -0.2) is 97.2 Å². The predicted molar refractivity (Wildman–Crippen MR) is 143 cm³/mol. The molecule has 1 amide bonds. The Kier molecular flexibility index (Phi) is 7.20. The minimum Gasteiger partial charge on any atom is -0.494 e. The Morgan fingerprint density at radius 1 is 1.21 bits per heavy atom. The van der Waals surface area contributed by atoms with E-state index >= 15 is 0 Å². The third-order valence-electron chi connectivity index (χ3n) is 6.25. The number of fused-ring (bicyclic) bond motifs is 1. The molecular formula is C24H26N12O3. The summed E-state index contributed by atoms with van der Waals surface area (Å²) in [5, 5.41) is 12.4.